The molecule has 1 unspecified atom stereocenters. The van der Waals surface area contributed by atoms with Gasteiger partial charge in [0.15, 0.2) is 0 Å². The fraction of sp³-hybridized carbons (Fsp3) is 0.222. The highest BCUT2D eigenvalue weighted by Gasteiger charge is 2.17. The first-order valence-corrected chi connectivity index (χ1v) is 7.81. The van der Waals surface area contributed by atoms with Gasteiger partial charge in [-0.05, 0) is 37.5 Å². The van der Waals surface area contributed by atoms with Gasteiger partial charge in [-0.2, -0.15) is 4.98 Å². The minimum Gasteiger partial charge on any atom is -0.345 e. The van der Waals surface area contributed by atoms with Crippen LogP contribution in [0.4, 0.5) is 0 Å². The molecule has 1 aromatic carbocycles. The summed E-state index contributed by atoms with van der Waals surface area (Å²) in [5.74, 6) is -0.0174. The third-order valence-electron chi connectivity index (χ3n) is 3.65. The van der Waals surface area contributed by atoms with Crippen molar-refractivity contribution in [3.8, 4) is 11.4 Å². The average molecular weight is 322 g/mol. The van der Waals surface area contributed by atoms with Gasteiger partial charge >= 0.3 is 11.8 Å². The Kier molecular flexibility index (Phi) is 4.96. The number of hydrogen-bond donors (Lipinski definition) is 1. The van der Waals surface area contributed by atoms with E-state index >= 15 is 0 Å². The van der Waals surface area contributed by atoms with Gasteiger partial charge in [0.25, 0.3) is 0 Å². The molecule has 0 radical (unpaired) electrons. The lowest BCUT2D eigenvalue weighted by molar-refractivity contribution is 0.0894. The minimum absolute atomic E-state index is 0.00832. The topological polar surface area (TPSA) is 80.9 Å². The van der Waals surface area contributed by atoms with Crippen LogP contribution in [0.5, 0.6) is 0 Å². The number of rotatable bonds is 6. The fourth-order valence-electron chi connectivity index (χ4n) is 2.32. The number of benzene rings is 1. The van der Waals surface area contributed by atoms with E-state index in [2.05, 4.69) is 32.6 Å². The quantitative estimate of drug-likeness (QED) is 0.754. The van der Waals surface area contributed by atoms with Crippen LogP contribution in [0.3, 0.4) is 0 Å². The highest BCUT2D eigenvalue weighted by atomic mass is 16.5. The molecule has 1 atom stereocenters. The first kappa shape index (κ1) is 15.9. The molecule has 0 aliphatic heterocycles. The molecular formula is C18H18N4O2. The van der Waals surface area contributed by atoms with Crippen LogP contribution in [0.25, 0.3) is 11.4 Å². The molecule has 0 aliphatic rings. The Balaban J connectivity index is 1.56. The number of carbonyl (C=O) groups is 1. The van der Waals surface area contributed by atoms with Crippen molar-refractivity contribution in [2.45, 2.75) is 25.8 Å². The summed E-state index contributed by atoms with van der Waals surface area (Å²) in [6.07, 6.45) is 5.00. The lowest BCUT2D eigenvalue weighted by Gasteiger charge is -2.12. The van der Waals surface area contributed by atoms with E-state index in [4.69, 9.17) is 4.52 Å². The van der Waals surface area contributed by atoms with Crippen LogP contribution in [0.1, 0.15) is 29.6 Å². The van der Waals surface area contributed by atoms with Crippen molar-refractivity contribution in [1.82, 2.24) is 20.4 Å². The standard InChI is InChI=1S/C18H18N4O2/c1-13(7-8-14-5-3-2-4-6-14)20-17(23)18-21-16(22-24-18)15-9-11-19-12-10-15/h2-6,9-13H,7-8H2,1H3,(H,20,23). The molecule has 24 heavy (non-hydrogen) atoms. The normalized spacial score (nSPS) is 11.9. The third kappa shape index (κ3) is 4.04. The zero-order chi connectivity index (χ0) is 16.8. The van der Waals surface area contributed by atoms with Crippen LogP contribution < -0.4 is 5.32 Å². The van der Waals surface area contributed by atoms with Gasteiger partial charge in [0.1, 0.15) is 0 Å². The number of hydrogen-bond acceptors (Lipinski definition) is 5. The summed E-state index contributed by atoms with van der Waals surface area (Å²) < 4.78 is 5.05. The van der Waals surface area contributed by atoms with Gasteiger partial charge in [-0.1, -0.05) is 35.5 Å². The summed E-state index contributed by atoms with van der Waals surface area (Å²) in [6.45, 7) is 1.96. The van der Waals surface area contributed by atoms with Crippen LogP contribution >= 0.6 is 0 Å². The maximum Gasteiger partial charge on any atom is 0.316 e. The molecule has 0 saturated heterocycles. The second-order valence-electron chi connectivity index (χ2n) is 5.56. The van der Waals surface area contributed by atoms with Crippen molar-refractivity contribution in [1.29, 1.82) is 0 Å². The Morgan fingerprint density at radius 1 is 1.17 bits per heavy atom. The average Bonchev–Trinajstić information content (AvgIpc) is 3.12. The number of carbonyl (C=O) groups excluding carboxylic acids is 1. The zero-order valence-corrected chi connectivity index (χ0v) is 13.3. The molecule has 0 bridgehead atoms. The number of nitrogens with one attached hydrogen (secondary N) is 1. The van der Waals surface area contributed by atoms with Gasteiger partial charge in [-0.25, -0.2) is 0 Å². The molecular weight excluding hydrogens is 304 g/mol. The van der Waals surface area contributed by atoms with Gasteiger partial charge in [-0.3, -0.25) is 9.78 Å². The highest BCUT2D eigenvalue weighted by Crippen LogP contribution is 2.14. The first-order valence-electron chi connectivity index (χ1n) is 7.81. The molecule has 0 spiro atoms. The van der Waals surface area contributed by atoms with Crippen LogP contribution in [-0.4, -0.2) is 27.1 Å². The van der Waals surface area contributed by atoms with E-state index in [1.54, 1.807) is 24.5 Å². The molecule has 2 heterocycles. The third-order valence-corrected chi connectivity index (χ3v) is 3.65. The maximum atomic E-state index is 12.2. The van der Waals surface area contributed by atoms with Crippen molar-refractivity contribution in [2.24, 2.45) is 0 Å². The molecule has 0 fully saturated rings. The number of pyridine rings is 1. The monoisotopic (exact) mass is 322 g/mol. The second-order valence-corrected chi connectivity index (χ2v) is 5.56. The Morgan fingerprint density at radius 3 is 2.67 bits per heavy atom. The maximum absolute atomic E-state index is 12.2. The number of nitrogens with zero attached hydrogens (tertiary/aromatic N) is 3. The molecule has 1 amide bonds. The van der Waals surface area contributed by atoms with E-state index in [0.29, 0.717) is 5.82 Å². The Bertz CT molecular complexity index is 787. The summed E-state index contributed by atoms with van der Waals surface area (Å²) in [4.78, 5) is 20.3. The number of amides is 1. The summed E-state index contributed by atoms with van der Waals surface area (Å²) in [5, 5.41) is 6.72. The molecule has 2 aromatic heterocycles. The lowest BCUT2D eigenvalue weighted by atomic mass is 10.1. The lowest BCUT2D eigenvalue weighted by Crippen LogP contribution is -2.33. The summed E-state index contributed by atoms with van der Waals surface area (Å²) in [7, 11) is 0. The van der Waals surface area contributed by atoms with E-state index < -0.39 is 0 Å². The summed E-state index contributed by atoms with van der Waals surface area (Å²) in [6, 6.07) is 13.7. The largest absolute Gasteiger partial charge is 0.345 e. The van der Waals surface area contributed by atoms with Crippen molar-refractivity contribution >= 4 is 5.91 Å². The van der Waals surface area contributed by atoms with E-state index in [9.17, 15) is 4.79 Å². The van der Waals surface area contributed by atoms with Gasteiger partial charge in [0, 0.05) is 24.0 Å². The molecule has 3 aromatic rings. The van der Waals surface area contributed by atoms with Crippen molar-refractivity contribution in [3.63, 3.8) is 0 Å². The number of aromatic nitrogens is 3. The van der Waals surface area contributed by atoms with E-state index in [-0.39, 0.29) is 17.8 Å². The van der Waals surface area contributed by atoms with E-state index in [1.165, 1.54) is 5.56 Å². The minimum atomic E-state index is -0.358. The van der Waals surface area contributed by atoms with Gasteiger partial charge in [0.2, 0.25) is 5.82 Å². The van der Waals surface area contributed by atoms with Crippen LogP contribution in [0.15, 0.2) is 59.4 Å². The Morgan fingerprint density at radius 2 is 1.92 bits per heavy atom. The Hall–Kier alpha value is -3.02. The van der Waals surface area contributed by atoms with Crippen molar-refractivity contribution < 1.29 is 9.32 Å². The fourth-order valence-corrected chi connectivity index (χ4v) is 2.32. The van der Waals surface area contributed by atoms with Gasteiger partial charge < -0.3 is 9.84 Å². The summed E-state index contributed by atoms with van der Waals surface area (Å²) in [5.41, 5.74) is 2.00. The SMILES string of the molecule is CC(CCc1ccccc1)NC(=O)c1nc(-c2ccncc2)no1. The molecule has 0 saturated carbocycles. The smallest absolute Gasteiger partial charge is 0.316 e. The summed E-state index contributed by atoms with van der Waals surface area (Å²) >= 11 is 0. The second kappa shape index (κ2) is 7.50. The van der Waals surface area contributed by atoms with Gasteiger partial charge in [0.05, 0.1) is 0 Å². The van der Waals surface area contributed by atoms with Crippen molar-refractivity contribution in [3.05, 3.63) is 66.3 Å². The predicted molar refractivity (Wildman–Crippen MR) is 89.2 cm³/mol. The van der Waals surface area contributed by atoms with Crippen LogP contribution in [0.2, 0.25) is 0 Å². The predicted octanol–water partition coefficient (Wildman–Crippen LogP) is 2.88. The molecule has 1 N–H and O–H groups in total. The van der Waals surface area contributed by atoms with E-state index in [0.717, 1.165) is 18.4 Å². The molecule has 122 valence electrons. The zero-order valence-electron chi connectivity index (χ0n) is 13.3. The first-order chi connectivity index (χ1) is 11.7. The Labute approximate surface area is 139 Å². The van der Waals surface area contributed by atoms with Crippen LogP contribution in [-0.2, 0) is 6.42 Å². The van der Waals surface area contributed by atoms with Crippen LogP contribution in [0, 0.1) is 0 Å². The van der Waals surface area contributed by atoms with E-state index in [1.807, 2.05) is 25.1 Å². The highest BCUT2D eigenvalue weighted by molar-refractivity contribution is 5.90. The van der Waals surface area contributed by atoms with Crippen molar-refractivity contribution in [2.75, 3.05) is 0 Å². The molecule has 3 rings (SSSR count). The van der Waals surface area contributed by atoms with Gasteiger partial charge in [-0.15, -0.1) is 0 Å². The molecule has 6 heteroatoms. The molecule has 6 nitrogen and oxygen atoms in total. The number of aryl methyl sites for hydroxylation is 1. The molecule has 0 aliphatic carbocycles.